The first-order valence-electron chi connectivity index (χ1n) is 25.6. The molecule has 0 atom stereocenters. The molecular weight excluding hydrogens is 1300 g/mol. The first-order chi connectivity index (χ1) is 36.8. The van der Waals surface area contributed by atoms with Gasteiger partial charge in [-0.05, 0) is 125 Å². The van der Waals surface area contributed by atoms with E-state index in [0.717, 1.165) is 27.6 Å². The summed E-state index contributed by atoms with van der Waals surface area (Å²) in [5.41, 5.74) is 21.8. The summed E-state index contributed by atoms with van der Waals surface area (Å²) in [5.74, 6) is 0. The smallest absolute Gasteiger partial charge is 0.0826 e. The van der Waals surface area contributed by atoms with Crippen LogP contribution in [-0.4, -0.2) is 28.8 Å². The van der Waals surface area contributed by atoms with Gasteiger partial charge in [0.25, 0.3) is 0 Å². The van der Waals surface area contributed by atoms with Crippen molar-refractivity contribution < 1.29 is 40.2 Å². The number of nitrogens with zero attached hydrogens (tertiary/aromatic N) is 6. The van der Waals surface area contributed by atoms with Gasteiger partial charge in [0.1, 0.15) is 0 Å². The molecule has 0 aliphatic rings. The molecule has 378 valence electrons. The summed E-state index contributed by atoms with van der Waals surface area (Å²) in [6.45, 7) is 13.0. The molecular formula is C69H52Ir2N6-2. The van der Waals surface area contributed by atoms with Crippen molar-refractivity contribution in [2.24, 2.45) is 0 Å². The maximum Gasteiger partial charge on any atom is 0.0826 e. The second-order valence-corrected chi connectivity index (χ2v) is 19.8. The van der Waals surface area contributed by atoms with Crippen molar-refractivity contribution >= 4 is 81.6 Å². The quantitative estimate of drug-likeness (QED) is 0.131. The van der Waals surface area contributed by atoms with E-state index in [1.807, 2.05) is 51.9 Å². The third-order valence-corrected chi connectivity index (χ3v) is 15.2. The second kappa shape index (κ2) is 20.8. The second-order valence-electron chi connectivity index (χ2n) is 19.8. The molecule has 77 heavy (non-hydrogen) atoms. The Kier molecular flexibility index (Phi) is 13.8. The van der Waals surface area contributed by atoms with Crippen LogP contribution in [0.4, 0.5) is 0 Å². The van der Waals surface area contributed by atoms with Gasteiger partial charge in [0.2, 0.25) is 0 Å². The van der Waals surface area contributed by atoms with Gasteiger partial charge < -0.3 is 0 Å². The first kappa shape index (κ1) is 51.0. The largest absolute Gasteiger partial charge is 0.257 e. The third-order valence-electron chi connectivity index (χ3n) is 15.2. The molecule has 0 N–H and O–H groups in total. The van der Waals surface area contributed by atoms with E-state index in [4.69, 9.17) is 15.3 Å². The summed E-state index contributed by atoms with van der Waals surface area (Å²) in [5, 5.41) is 25.3. The van der Waals surface area contributed by atoms with E-state index >= 15 is 0 Å². The minimum absolute atomic E-state index is 0. The van der Waals surface area contributed by atoms with Gasteiger partial charge in [-0.15, -0.1) is 10.8 Å². The zero-order valence-electron chi connectivity index (χ0n) is 43.5. The van der Waals surface area contributed by atoms with E-state index in [0.29, 0.717) is 0 Å². The molecule has 0 aliphatic heterocycles. The maximum atomic E-state index is 4.77. The molecule has 0 amide bonds. The zero-order valence-corrected chi connectivity index (χ0v) is 48.3. The fourth-order valence-corrected chi connectivity index (χ4v) is 11.9. The fourth-order valence-electron chi connectivity index (χ4n) is 11.9. The Labute approximate surface area is 474 Å². The van der Waals surface area contributed by atoms with Crippen LogP contribution in [0.25, 0.3) is 115 Å². The number of fused-ring (bicyclic) bond motifs is 18. The van der Waals surface area contributed by atoms with Crippen LogP contribution < -0.4 is 0 Å². The van der Waals surface area contributed by atoms with Gasteiger partial charge in [0.05, 0.1) is 40.7 Å². The molecule has 2 radical (unpaired) electrons. The molecule has 15 rings (SSSR count). The number of benzene rings is 9. The van der Waals surface area contributed by atoms with E-state index in [2.05, 4.69) is 222 Å². The Morgan fingerprint density at radius 2 is 0.571 bits per heavy atom. The Hall–Kier alpha value is -8.09. The van der Waals surface area contributed by atoms with Crippen LogP contribution in [0.15, 0.2) is 207 Å². The number of rotatable bonds is 3. The van der Waals surface area contributed by atoms with Gasteiger partial charge in [0, 0.05) is 67.7 Å². The van der Waals surface area contributed by atoms with Crippen LogP contribution >= 0.6 is 0 Å². The van der Waals surface area contributed by atoms with Gasteiger partial charge in [-0.3, -0.25) is 9.03 Å². The van der Waals surface area contributed by atoms with Crippen molar-refractivity contribution in [3.63, 3.8) is 0 Å². The third kappa shape index (κ3) is 8.44. The molecule has 6 heterocycles. The molecule has 6 aromatic heterocycles. The summed E-state index contributed by atoms with van der Waals surface area (Å²) in [6.07, 6.45) is 6.01. The summed E-state index contributed by atoms with van der Waals surface area (Å²) in [4.78, 5) is 0. The fraction of sp³-hybridized carbons (Fsp3) is 0.0870. The molecule has 0 saturated heterocycles. The predicted octanol–water partition coefficient (Wildman–Crippen LogP) is 17.4. The van der Waals surface area contributed by atoms with Crippen molar-refractivity contribution in [2.45, 2.75) is 41.5 Å². The van der Waals surface area contributed by atoms with E-state index in [-0.39, 0.29) is 40.2 Å². The van der Waals surface area contributed by atoms with Crippen LogP contribution in [0.1, 0.15) is 33.4 Å². The van der Waals surface area contributed by atoms with Gasteiger partial charge in [0.15, 0.2) is 0 Å². The standard InChI is InChI=1S/C23H18N2.2C23H17N2.2Ir/c3*1-15-8-7-9-16(2)22(15)20-14-24-25-21-13-6-5-11-18(21)17-10-3-4-12-19(17)23(20)25;;/h3-14H,1-2H3;2*3-12,14H,1-2H3;;/q;2*-1;;. The van der Waals surface area contributed by atoms with Crippen molar-refractivity contribution in [3.05, 3.63) is 252 Å². The molecule has 0 unspecified atom stereocenters. The van der Waals surface area contributed by atoms with Crippen molar-refractivity contribution in [3.8, 4) is 33.4 Å². The van der Waals surface area contributed by atoms with Gasteiger partial charge >= 0.3 is 0 Å². The molecule has 0 bridgehead atoms. The van der Waals surface area contributed by atoms with E-state index in [1.165, 1.54) is 121 Å². The SMILES string of the molecule is Cc1cccc(C)c1-c1cnn2c3[c-]cccc3c3ccccc3c12.Cc1cccc(C)c1-c1cnn2c3[c-]cccc3c3ccccc3c12.Cc1cccc(C)c1-c1cnn2c3ccccc3c3ccccc3c12.[Ir].[Ir]. The Morgan fingerprint density at radius 1 is 0.286 bits per heavy atom. The molecule has 6 nitrogen and oxygen atoms in total. The van der Waals surface area contributed by atoms with Crippen LogP contribution in [-0.2, 0) is 40.2 Å². The summed E-state index contributed by atoms with van der Waals surface area (Å²) >= 11 is 0. The van der Waals surface area contributed by atoms with Gasteiger partial charge in [-0.2, -0.15) is 63.8 Å². The van der Waals surface area contributed by atoms with Crippen molar-refractivity contribution in [1.82, 2.24) is 28.8 Å². The van der Waals surface area contributed by atoms with Gasteiger partial charge in [-0.25, -0.2) is 4.52 Å². The number of aryl methyl sites for hydroxylation is 6. The number of pyridine rings is 3. The predicted molar refractivity (Wildman–Crippen MR) is 313 cm³/mol. The topological polar surface area (TPSA) is 51.9 Å². The maximum absolute atomic E-state index is 4.77. The number of hydrogen-bond donors (Lipinski definition) is 0. The van der Waals surface area contributed by atoms with E-state index in [1.54, 1.807) is 0 Å². The zero-order chi connectivity index (χ0) is 50.9. The molecule has 8 heteroatoms. The van der Waals surface area contributed by atoms with Crippen LogP contribution in [0.2, 0.25) is 0 Å². The number of aromatic nitrogens is 6. The van der Waals surface area contributed by atoms with Crippen LogP contribution in [0.5, 0.6) is 0 Å². The van der Waals surface area contributed by atoms with Gasteiger partial charge in [-0.1, -0.05) is 156 Å². The number of hydrogen-bond acceptors (Lipinski definition) is 3. The number of para-hydroxylation sites is 3. The summed E-state index contributed by atoms with van der Waals surface area (Å²) < 4.78 is 6.18. The Morgan fingerprint density at radius 3 is 0.948 bits per heavy atom. The molecule has 0 spiro atoms. The Balaban J connectivity index is 0.000000121. The molecule has 9 aromatic carbocycles. The average Bonchev–Trinajstić information content (AvgIpc) is 4.21. The van der Waals surface area contributed by atoms with Crippen molar-refractivity contribution in [1.29, 1.82) is 0 Å². The molecule has 15 aromatic rings. The average molecular weight is 1350 g/mol. The van der Waals surface area contributed by atoms with Crippen LogP contribution in [0.3, 0.4) is 0 Å². The minimum atomic E-state index is 0. The minimum Gasteiger partial charge on any atom is -0.257 e. The summed E-state index contributed by atoms with van der Waals surface area (Å²) in [6, 6.07) is 72.7. The normalized spacial score (nSPS) is 11.3. The van der Waals surface area contributed by atoms with Crippen LogP contribution in [0, 0.1) is 53.7 Å². The first-order valence-corrected chi connectivity index (χ1v) is 25.6. The van der Waals surface area contributed by atoms with E-state index in [9.17, 15) is 0 Å². The Bertz CT molecular complexity index is 4220. The van der Waals surface area contributed by atoms with Crippen molar-refractivity contribution in [2.75, 3.05) is 0 Å². The molecule has 0 saturated carbocycles. The summed E-state index contributed by atoms with van der Waals surface area (Å²) in [7, 11) is 0. The van der Waals surface area contributed by atoms with E-state index < -0.39 is 0 Å². The molecule has 0 aliphatic carbocycles. The molecule has 0 fully saturated rings. The monoisotopic (exact) mass is 1350 g/mol.